The summed E-state index contributed by atoms with van der Waals surface area (Å²) in [5, 5.41) is 2.37. The molecule has 0 aliphatic rings. The van der Waals surface area contributed by atoms with Gasteiger partial charge in [0.25, 0.3) is 0 Å². The maximum absolute atomic E-state index is 5.25. The highest BCUT2D eigenvalue weighted by atomic mass is 32.1. The number of hydrogen-bond acceptors (Lipinski definition) is 4. The van der Waals surface area contributed by atoms with Gasteiger partial charge in [-0.25, -0.2) is 15.0 Å². The molecule has 0 spiro atoms. The average molecular weight is 607 g/mol. The maximum atomic E-state index is 5.25. The lowest BCUT2D eigenvalue weighted by atomic mass is 9.98. The zero-order valence-electron chi connectivity index (χ0n) is 24.7. The molecule has 0 saturated carbocycles. The average Bonchev–Trinajstić information content (AvgIpc) is 3.72. The highest BCUT2D eigenvalue weighted by molar-refractivity contribution is 7.26. The minimum Gasteiger partial charge on any atom is -0.292 e. The molecule has 0 bridgehead atoms. The van der Waals surface area contributed by atoms with E-state index in [4.69, 9.17) is 15.0 Å². The zero-order chi connectivity index (χ0) is 30.5. The molecule has 3 aromatic heterocycles. The molecule has 0 amide bonds. The smallest absolute Gasteiger partial charge is 0.160 e. The van der Waals surface area contributed by atoms with Crippen molar-refractivity contribution in [3.8, 4) is 51.0 Å². The summed E-state index contributed by atoms with van der Waals surface area (Å²) in [6, 6.07) is 54.7. The molecule has 5 heteroatoms. The molecule has 216 valence electrons. The van der Waals surface area contributed by atoms with E-state index in [1.807, 2.05) is 35.6 Å². The Morgan fingerprint density at radius 1 is 0.457 bits per heavy atom. The van der Waals surface area contributed by atoms with Crippen molar-refractivity contribution in [3.63, 3.8) is 0 Å². The molecule has 0 radical (unpaired) electrons. The van der Waals surface area contributed by atoms with E-state index in [-0.39, 0.29) is 0 Å². The van der Waals surface area contributed by atoms with Crippen LogP contribution in [0.4, 0.5) is 0 Å². The lowest BCUT2D eigenvalue weighted by Crippen LogP contribution is -1.98. The van der Waals surface area contributed by atoms with Crippen LogP contribution in [0, 0.1) is 0 Å². The second-order valence-electron chi connectivity index (χ2n) is 11.2. The molecule has 0 aliphatic heterocycles. The molecule has 9 aromatic rings. The van der Waals surface area contributed by atoms with Crippen LogP contribution in [0.15, 0.2) is 158 Å². The number of benzene rings is 6. The Balaban J connectivity index is 1.35. The number of thiophene rings is 1. The van der Waals surface area contributed by atoms with E-state index in [2.05, 4.69) is 138 Å². The Morgan fingerprint density at radius 2 is 1.04 bits per heavy atom. The second-order valence-corrected chi connectivity index (χ2v) is 12.3. The van der Waals surface area contributed by atoms with Crippen molar-refractivity contribution in [3.05, 3.63) is 158 Å². The largest absolute Gasteiger partial charge is 0.292 e. The fraction of sp³-hybridized carbons (Fsp3) is 0. The van der Waals surface area contributed by atoms with Crippen molar-refractivity contribution in [2.45, 2.75) is 0 Å². The van der Waals surface area contributed by atoms with Crippen molar-refractivity contribution < 1.29 is 0 Å². The first-order chi connectivity index (χ1) is 22.8. The van der Waals surface area contributed by atoms with Crippen LogP contribution in [0.2, 0.25) is 0 Å². The van der Waals surface area contributed by atoms with Crippen LogP contribution in [0.5, 0.6) is 0 Å². The van der Waals surface area contributed by atoms with Gasteiger partial charge in [0.15, 0.2) is 5.82 Å². The normalized spacial score (nSPS) is 11.5. The number of imidazole rings is 1. The van der Waals surface area contributed by atoms with E-state index in [1.165, 1.54) is 20.2 Å². The lowest BCUT2D eigenvalue weighted by Gasteiger charge is -2.13. The number of fused-ring (bicyclic) bond motifs is 4. The molecular formula is C41H26N4S. The van der Waals surface area contributed by atoms with Gasteiger partial charge in [0, 0.05) is 48.1 Å². The van der Waals surface area contributed by atoms with Crippen LogP contribution in [-0.2, 0) is 0 Å². The van der Waals surface area contributed by atoms with Gasteiger partial charge in [0.05, 0.1) is 22.4 Å². The summed E-state index contributed by atoms with van der Waals surface area (Å²) in [7, 11) is 0. The summed E-state index contributed by atoms with van der Waals surface area (Å²) < 4.78 is 4.71. The minimum absolute atomic E-state index is 0.708. The van der Waals surface area contributed by atoms with Crippen molar-refractivity contribution in [1.82, 2.24) is 19.5 Å². The van der Waals surface area contributed by atoms with Gasteiger partial charge >= 0.3 is 0 Å². The number of nitrogens with zero attached hydrogens (tertiary/aromatic N) is 4. The standard InChI is InChI=1S/C41H26N4S/c1-4-14-27(15-5-1)33-26-34(43-40(42-33)28-16-6-2-7-17-28)30-20-12-24-36-38(30)39-31(21-13-25-37(39)46-36)41-44-32-22-10-11-23-35(32)45(41)29-18-8-3-9-19-29/h1-26H. The third-order valence-corrected chi connectivity index (χ3v) is 9.56. The molecule has 0 aliphatic carbocycles. The SMILES string of the molecule is c1ccc(-c2cc(-c3cccc4sc5cccc(-c6nc7ccccc7n6-c6ccccc6)c5c34)nc(-c3ccccc3)n2)cc1. The monoisotopic (exact) mass is 606 g/mol. The van der Waals surface area contributed by atoms with E-state index in [9.17, 15) is 0 Å². The molecule has 0 atom stereocenters. The molecule has 6 aromatic carbocycles. The second kappa shape index (κ2) is 10.9. The Bertz CT molecular complexity index is 2460. The number of para-hydroxylation sites is 3. The van der Waals surface area contributed by atoms with Crippen LogP contribution in [0.1, 0.15) is 0 Å². The van der Waals surface area contributed by atoms with Crippen LogP contribution in [0.3, 0.4) is 0 Å². The van der Waals surface area contributed by atoms with Gasteiger partial charge in [-0.05, 0) is 42.5 Å². The first-order valence-corrected chi connectivity index (χ1v) is 16.1. The Hall–Kier alpha value is -5.91. The van der Waals surface area contributed by atoms with Gasteiger partial charge in [0.2, 0.25) is 0 Å². The van der Waals surface area contributed by atoms with Gasteiger partial charge in [-0.2, -0.15) is 0 Å². The Kier molecular flexibility index (Phi) is 6.28. The van der Waals surface area contributed by atoms with Crippen molar-refractivity contribution in [2.24, 2.45) is 0 Å². The molecule has 0 unspecified atom stereocenters. The topological polar surface area (TPSA) is 43.6 Å². The molecular weight excluding hydrogens is 581 g/mol. The van der Waals surface area contributed by atoms with E-state index in [0.717, 1.165) is 56.2 Å². The third-order valence-electron chi connectivity index (χ3n) is 8.44. The Morgan fingerprint density at radius 3 is 1.78 bits per heavy atom. The minimum atomic E-state index is 0.708. The highest BCUT2D eigenvalue weighted by Gasteiger charge is 2.21. The van der Waals surface area contributed by atoms with E-state index in [0.29, 0.717) is 5.82 Å². The van der Waals surface area contributed by atoms with Crippen LogP contribution in [-0.4, -0.2) is 19.5 Å². The molecule has 4 nitrogen and oxygen atoms in total. The maximum Gasteiger partial charge on any atom is 0.160 e. The van der Waals surface area contributed by atoms with Crippen molar-refractivity contribution in [1.29, 1.82) is 0 Å². The highest BCUT2D eigenvalue weighted by Crippen LogP contribution is 2.45. The van der Waals surface area contributed by atoms with E-state index in [1.54, 1.807) is 0 Å². The van der Waals surface area contributed by atoms with E-state index < -0.39 is 0 Å². The summed E-state index contributed by atoms with van der Waals surface area (Å²) in [6.45, 7) is 0. The zero-order valence-corrected chi connectivity index (χ0v) is 25.5. The predicted octanol–water partition coefficient (Wildman–Crippen LogP) is 10.9. The van der Waals surface area contributed by atoms with Crippen LogP contribution < -0.4 is 0 Å². The first-order valence-electron chi connectivity index (χ1n) is 15.3. The van der Waals surface area contributed by atoms with Gasteiger partial charge in [0.1, 0.15) is 5.82 Å². The molecule has 0 fully saturated rings. The quantitative estimate of drug-likeness (QED) is 0.196. The van der Waals surface area contributed by atoms with Gasteiger partial charge in [-0.3, -0.25) is 4.57 Å². The first kappa shape index (κ1) is 26.5. The summed E-state index contributed by atoms with van der Waals surface area (Å²) in [6.07, 6.45) is 0. The number of hydrogen-bond donors (Lipinski definition) is 0. The summed E-state index contributed by atoms with van der Waals surface area (Å²) in [5.41, 5.74) is 9.14. The lowest BCUT2D eigenvalue weighted by molar-refractivity contribution is 1.11. The molecule has 3 heterocycles. The molecule has 0 saturated heterocycles. The summed E-state index contributed by atoms with van der Waals surface area (Å²) >= 11 is 1.81. The molecule has 46 heavy (non-hydrogen) atoms. The molecule has 9 rings (SSSR count). The number of aromatic nitrogens is 4. The Labute approximate surface area is 269 Å². The fourth-order valence-corrected chi connectivity index (χ4v) is 7.53. The van der Waals surface area contributed by atoms with Crippen LogP contribution in [0.25, 0.3) is 82.2 Å². The molecule has 0 N–H and O–H groups in total. The summed E-state index contributed by atoms with van der Waals surface area (Å²) in [5.74, 6) is 1.63. The third kappa shape index (κ3) is 4.40. The van der Waals surface area contributed by atoms with Crippen molar-refractivity contribution >= 4 is 42.5 Å². The predicted molar refractivity (Wildman–Crippen MR) is 191 cm³/mol. The van der Waals surface area contributed by atoms with Gasteiger partial charge in [-0.1, -0.05) is 115 Å². The van der Waals surface area contributed by atoms with E-state index >= 15 is 0 Å². The number of rotatable bonds is 5. The van der Waals surface area contributed by atoms with Gasteiger partial charge in [-0.15, -0.1) is 11.3 Å². The summed E-state index contributed by atoms with van der Waals surface area (Å²) in [4.78, 5) is 15.5. The van der Waals surface area contributed by atoms with Gasteiger partial charge < -0.3 is 0 Å². The van der Waals surface area contributed by atoms with Crippen LogP contribution >= 0.6 is 11.3 Å². The van der Waals surface area contributed by atoms with Crippen molar-refractivity contribution in [2.75, 3.05) is 0 Å². The fourth-order valence-electron chi connectivity index (χ4n) is 6.37.